The van der Waals surface area contributed by atoms with Gasteiger partial charge in [-0.15, -0.1) is 0 Å². The van der Waals surface area contributed by atoms with Crippen LogP contribution in [0, 0.1) is 0 Å². The third-order valence-corrected chi connectivity index (χ3v) is 2.35. The molecule has 6 nitrogen and oxygen atoms in total. The number of benzene rings is 1. The Balaban J connectivity index is 2.25. The minimum Gasteiger partial charge on any atom is -0.474 e. The second kappa shape index (κ2) is 4.56. The Morgan fingerprint density at radius 3 is 2.67 bits per heavy atom. The van der Waals surface area contributed by atoms with Gasteiger partial charge in [-0.2, -0.15) is 0 Å². The molecule has 0 fully saturated rings. The lowest BCUT2D eigenvalue weighted by molar-refractivity contribution is 0.115. The summed E-state index contributed by atoms with van der Waals surface area (Å²) >= 11 is 0. The number of nitrogens with one attached hydrogen (secondary N) is 1. The Morgan fingerprint density at radius 2 is 2.00 bits per heavy atom. The van der Waals surface area contributed by atoms with Crippen LogP contribution >= 0.6 is 0 Å². The first kappa shape index (κ1) is 12.2. The molecule has 1 aliphatic heterocycles. The number of nitrogens with zero attached hydrogens (tertiary/aromatic N) is 1. The maximum Gasteiger partial charge on any atom is 0.433 e. The SMILES string of the molecule is CNC(=O)ON=C1Oc2ccccc2OC1(C)C. The number of rotatable bonds is 1. The van der Waals surface area contributed by atoms with Crippen molar-refractivity contribution in [2.24, 2.45) is 5.16 Å². The molecule has 1 aromatic rings. The summed E-state index contributed by atoms with van der Waals surface area (Å²) in [5, 5.41) is 5.95. The molecule has 0 unspecified atom stereocenters. The van der Waals surface area contributed by atoms with E-state index >= 15 is 0 Å². The first-order chi connectivity index (χ1) is 8.53. The van der Waals surface area contributed by atoms with E-state index in [1.165, 1.54) is 7.05 Å². The van der Waals surface area contributed by atoms with E-state index in [0.29, 0.717) is 11.5 Å². The molecular formula is C12H14N2O4. The van der Waals surface area contributed by atoms with Gasteiger partial charge < -0.3 is 14.8 Å². The zero-order chi connectivity index (χ0) is 13.2. The topological polar surface area (TPSA) is 69.2 Å². The van der Waals surface area contributed by atoms with Crippen LogP contribution in [0.4, 0.5) is 4.79 Å². The van der Waals surface area contributed by atoms with Crippen molar-refractivity contribution in [3.8, 4) is 11.5 Å². The molecule has 96 valence electrons. The minimum absolute atomic E-state index is 0.185. The van der Waals surface area contributed by atoms with E-state index < -0.39 is 11.7 Å². The van der Waals surface area contributed by atoms with Gasteiger partial charge in [0.2, 0.25) is 0 Å². The van der Waals surface area contributed by atoms with Gasteiger partial charge in [-0.1, -0.05) is 12.1 Å². The van der Waals surface area contributed by atoms with E-state index in [-0.39, 0.29) is 5.90 Å². The van der Waals surface area contributed by atoms with Crippen molar-refractivity contribution in [2.45, 2.75) is 19.4 Å². The molecule has 0 aromatic heterocycles. The van der Waals surface area contributed by atoms with Crippen LogP contribution in [0.2, 0.25) is 0 Å². The van der Waals surface area contributed by atoms with Crippen molar-refractivity contribution in [3.05, 3.63) is 24.3 Å². The monoisotopic (exact) mass is 250 g/mol. The minimum atomic E-state index is -0.803. The van der Waals surface area contributed by atoms with Crippen molar-refractivity contribution in [1.29, 1.82) is 0 Å². The number of amides is 1. The Kier molecular flexibility index (Phi) is 3.10. The second-order valence-corrected chi connectivity index (χ2v) is 4.19. The number of oxime groups is 1. The third-order valence-electron chi connectivity index (χ3n) is 2.35. The summed E-state index contributed by atoms with van der Waals surface area (Å²) in [6, 6.07) is 7.21. The number of fused-ring (bicyclic) bond motifs is 1. The van der Waals surface area contributed by atoms with Crippen LogP contribution in [0.5, 0.6) is 11.5 Å². The van der Waals surface area contributed by atoms with Gasteiger partial charge in [-0.25, -0.2) is 4.79 Å². The Morgan fingerprint density at radius 1 is 1.33 bits per heavy atom. The van der Waals surface area contributed by atoms with Gasteiger partial charge in [0, 0.05) is 7.05 Å². The third kappa shape index (κ3) is 2.37. The first-order valence-electron chi connectivity index (χ1n) is 5.46. The summed E-state index contributed by atoms with van der Waals surface area (Å²) in [5.41, 5.74) is -0.803. The molecule has 1 amide bonds. The molecule has 18 heavy (non-hydrogen) atoms. The molecule has 0 bridgehead atoms. The number of carbonyl (C=O) groups excluding carboxylic acids is 1. The van der Waals surface area contributed by atoms with Crippen LogP contribution in [0.15, 0.2) is 29.4 Å². The zero-order valence-corrected chi connectivity index (χ0v) is 10.4. The van der Waals surface area contributed by atoms with Gasteiger partial charge in [0.25, 0.3) is 5.90 Å². The average molecular weight is 250 g/mol. The summed E-state index contributed by atoms with van der Waals surface area (Å²) < 4.78 is 11.3. The van der Waals surface area contributed by atoms with Crippen LogP contribution in [-0.4, -0.2) is 24.6 Å². The first-order valence-corrected chi connectivity index (χ1v) is 5.46. The lowest BCUT2D eigenvalue weighted by Crippen LogP contribution is -2.45. The van der Waals surface area contributed by atoms with E-state index in [2.05, 4.69) is 15.3 Å². The Hall–Kier alpha value is -2.24. The van der Waals surface area contributed by atoms with E-state index in [9.17, 15) is 4.79 Å². The highest BCUT2D eigenvalue weighted by Gasteiger charge is 2.36. The van der Waals surface area contributed by atoms with E-state index in [0.717, 1.165) is 0 Å². The highest BCUT2D eigenvalue weighted by molar-refractivity contribution is 5.88. The highest BCUT2D eigenvalue weighted by Crippen LogP contribution is 2.35. The fourth-order valence-corrected chi connectivity index (χ4v) is 1.42. The molecule has 0 saturated heterocycles. The number of hydrogen-bond donors (Lipinski definition) is 1. The van der Waals surface area contributed by atoms with Crippen LogP contribution < -0.4 is 14.8 Å². The normalized spacial score (nSPS) is 18.3. The van der Waals surface area contributed by atoms with E-state index in [4.69, 9.17) is 9.47 Å². The molecule has 0 spiro atoms. The van der Waals surface area contributed by atoms with Gasteiger partial charge in [0.15, 0.2) is 17.1 Å². The second-order valence-electron chi connectivity index (χ2n) is 4.19. The molecule has 0 aliphatic carbocycles. The molecule has 2 rings (SSSR count). The van der Waals surface area contributed by atoms with Crippen molar-refractivity contribution >= 4 is 12.0 Å². The summed E-state index contributed by atoms with van der Waals surface area (Å²) in [5.74, 6) is 1.35. The summed E-state index contributed by atoms with van der Waals surface area (Å²) in [7, 11) is 1.45. The summed E-state index contributed by atoms with van der Waals surface area (Å²) in [6.45, 7) is 3.55. The van der Waals surface area contributed by atoms with Crippen LogP contribution in [0.3, 0.4) is 0 Å². The standard InChI is InChI=1S/C12H14N2O4/c1-12(2)10(14-18-11(15)13-3)16-8-6-4-5-7-9(8)17-12/h4-7H,1-3H3,(H,13,15). The largest absolute Gasteiger partial charge is 0.474 e. The summed E-state index contributed by atoms with van der Waals surface area (Å²) in [6.07, 6.45) is -0.666. The Labute approximate surface area is 105 Å². The number of carbonyl (C=O) groups is 1. The quantitative estimate of drug-likeness (QED) is 0.610. The van der Waals surface area contributed by atoms with Crippen LogP contribution in [0.1, 0.15) is 13.8 Å². The van der Waals surface area contributed by atoms with Gasteiger partial charge in [-0.05, 0) is 31.1 Å². The lowest BCUT2D eigenvalue weighted by atomic mass is 10.1. The number of hydrogen-bond acceptors (Lipinski definition) is 5. The zero-order valence-electron chi connectivity index (χ0n) is 10.4. The Bertz CT molecular complexity index is 497. The van der Waals surface area contributed by atoms with Crippen molar-refractivity contribution in [1.82, 2.24) is 5.32 Å². The van der Waals surface area contributed by atoms with E-state index in [1.54, 1.807) is 26.0 Å². The maximum atomic E-state index is 11.0. The van der Waals surface area contributed by atoms with Crippen molar-refractivity contribution in [2.75, 3.05) is 7.05 Å². The molecule has 0 atom stereocenters. The molecule has 1 N–H and O–H groups in total. The molecule has 1 aromatic carbocycles. The smallest absolute Gasteiger partial charge is 0.433 e. The van der Waals surface area contributed by atoms with Gasteiger partial charge in [-0.3, -0.25) is 4.84 Å². The molecule has 0 radical (unpaired) electrons. The van der Waals surface area contributed by atoms with Gasteiger partial charge in [0.1, 0.15) is 0 Å². The van der Waals surface area contributed by atoms with Gasteiger partial charge >= 0.3 is 6.09 Å². The number of para-hydroxylation sites is 2. The highest BCUT2D eigenvalue weighted by atomic mass is 16.7. The predicted octanol–water partition coefficient (Wildman–Crippen LogP) is 1.91. The average Bonchev–Trinajstić information content (AvgIpc) is 2.34. The maximum absolute atomic E-state index is 11.0. The van der Waals surface area contributed by atoms with Gasteiger partial charge in [0.05, 0.1) is 0 Å². The molecule has 1 heterocycles. The number of ether oxygens (including phenoxy) is 2. The van der Waals surface area contributed by atoms with Crippen LogP contribution in [-0.2, 0) is 4.84 Å². The fraction of sp³-hybridized carbons (Fsp3) is 0.333. The van der Waals surface area contributed by atoms with Crippen LogP contribution in [0.25, 0.3) is 0 Å². The predicted molar refractivity (Wildman–Crippen MR) is 64.8 cm³/mol. The van der Waals surface area contributed by atoms with Crippen molar-refractivity contribution < 1.29 is 19.1 Å². The molecule has 0 saturated carbocycles. The molecular weight excluding hydrogens is 236 g/mol. The molecule has 1 aliphatic rings. The van der Waals surface area contributed by atoms with E-state index in [1.807, 2.05) is 12.1 Å². The lowest BCUT2D eigenvalue weighted by Gasteiger charge is -2.32. The van der Waals surface area contributed by atoms with Crippen molar-refractivity contribution in [3.63, 3.8) is 0 Å². The molecule has 6 heteroatoms. The summed E-state index contributed by atoms with van der Waals surface area (Å²) in [4.78, 5) is 15.6. The fourth-order valence-electron chi connectivity index (χ4n) is 1.42.